The van der Waals surface area contributed by atoms with E-state index in [2.05, 4.69) is 76.2 Å². The van der Waals surface area contributed by atoms with E-state index in [1.807, 2.05) is 0 Å². The Morgan fingerprint density at radius 3 is 2.37 bits per heavy atom. The summed E-state index contributed by atoms with van der Waals surface area (Å²) in [5, 5.41) is 9.58. The third-order valence-corrected chi connectivity index (χ3v) is 4.73. The van der Waals surface area contributed by atoms with Gasteiger partial charge in [-0.1, -0.05) is 45.9 Å². The molecule has 3 rings (SSSR count). The van der Waals surface area contributed by atoms with Crippen molar-refractivity contribution in [3.8, 4) is 11.3 Å². The van der Waals surface area contributed by atoms with Gasteiger partial charge >= 0.3 is 0 Å². The van der Waals surface area contributed by atoms with Crippen molar-refractivity contribution in [3.63, 3.8) is 0 Å². The van der Waals surface area contributed by atoms with Gasteiger partial charge in [0.1, 0.15) is 0 Å². The number of allylic oxidation sites excluding steroid dienone is 2. The topological polar surface area (TPSA) is 50.2 Å². The molecular formula is C26H30IrNO2-. The number of aliphatic hydroxyl groups excluding tert-OH is 1. The minimum atomic E-state index is -0.125. The molecule has 0 amide bonds. The number of nitrogens with zero attached hydrogens (tertiary/aromatic N) is 1. The minimum absolute atomic E-state index is 0. The molecule has 2 aromatic carbocycles. The van der Waals surface area contributed by atoms with Gasteiger partial charge in [-0.15, -0.1) is 34.9 Å². The number of benzene rings is 2. The summed E-state index contributed by atoms with van der Waals surface area (Å²) < 4.78 is 0. The Bertz CT molecular complexity index is 1020. The fourth-order valence-corrected chi connectivity index (χ4v) is 3.16. The molecule has 0 aliphatic carbocycles. The number of carbonyl (C=O) groups is 1. The number of hydrogen-bond donors (Lipinski definition) is 1. The predicted octanol–water partition coefficient (Wildman–Crippen LogP) is 6.87. The fraction of sp³-hybridized carbons (Fsp3) is 0.308. The van der Waals surface area contributed by atoms with Gasteiger partial charge in [-0.05, 0) is 55.0 Å². The summed E-state index contributed by atoms with van der Waals surface area (Å²) in [4.78, 5) is 14.8. The number of aryl methyl sites for hydroxylation is 2. The van der Waals surface area contributed by atoms with Crippen molar-refractivity contribution >= 4 is 16.7 Å². The maximum absolute atomic E-state index is 10.0. The maximum Gasteiger partial charge on any atom is 0.155 e. The second kappa shape index (κ2) is 11.8. The molecule has 30 heavy (non-hydrogen) atoms. The molecule has 0 fully saturated rings. The summed E-state index contributed by atoms with van der Waals surface area (Å²) in [5.41, 5.74) is 6.92. The zero-order valence-corrected chi connectivity index (χ0v) is 20.9. The molecule has 0 saturated heterocycles. The van der Waals surface area contributed by atoms with E-state index in [-0.39, 0.29) is 31.6 Å². The zero-order valence-electron chi connectivity index (χ0n) is 18.5. The van der Waals surface area contributed by atoms with Gasteiger partial charge in [-0.25, -0.2) is 0 Å². The first-order valence-electron chi connectivity index (χ1n) is 9.99. The van der Waals surface area contributed by atoms with E-state index < -0.39 is 0 Å². The molecule has 3 aromatic rings. The van der Waals surface area contributed by atoms with Crippen molar-refractivity contribution in [1.82, 2.24) is 4.98 Å². The van der Waals surface area contributed by atoms with Crippen molar-refractivity contribution in [2.45, 2.75) is 53.9 Å². The quantitative estimate of drug-likeness (QED) is 0.208. The van der Waals surface area contributed by atoms with Crippen LogP contribution in [-0.2, 0) is 24.9 Å². The Kier molecular flexibility index (Phi) is 10.1. The Morgan fingerprint density at radius 2 is 1.83 bits per heavy atom. The molecule has 0 aliphatic rings. The van der Waals surface area contributed by atoms with Crippen LogP contribution in [0.5, 0.6) is 0 Å². The number of fused-ring (bicyclic) bond motifs is 1. The van der Waals surface area contributed by atoms with E-state index in [0.717, 1.165) is 28.8 Å². The van der Waals surface area contributed by atoms with Crippen LogP contribution in [0.2, 0.25) is 0 Å². The molecule has 1 radical (unpaired) electrons. The van der Waals surface area contributed by atoms with Gasteiger partial charge in [-0.2, -0.15) is 0 Å². The van der Waals surface area contributed by atoms with E-state index in [0.29, 0.717) is 5.92 Å². The van der Waals surface area contributed by atoms with Crippen molar-refractivity contribution in [2.75, 3.05) is 0 Å². The Labute approximate surface area is 193 Å². The van der Waals surface area contributed by atoms with Gasteiger partial charge in [0.2, 0.25) is 0 Å². The average molecular weight is 581 g/mol. The monoisotopic (exact) mass is 581 g/mol. The van der Waals surface area contributed by atoms with Crippen molar-refractivity contribution in [1.29, 1.82) is 0 Å². The number of pyridine rings is 1. The summed E-state index contributed by atoms with van der Waals surface area (Å²) in [7, 11) is 0. The molecule has 0 aliphatic heterocycles. The molecule has 1 heterocycles. The van der Waals surface area contributed by atoms with Gasteiger partial charge in [0, 0.05) is 26.2 Å². The summed E-state index contributed by atoms with van der Waals surface area (Å²) in [5.74, 6) is 0.532. The molecule has 161 valence electrons. The third-order valence-electron chi connectivity index (χ3n) is 4.73. The summed E-state index contributed by atoms with van der Waals surface area (Å²) in [6.45, 7) is 11.5. The van der Waals surface area contributed by atoms with Gasteiger partial charge in [0.25, 0.3) is 0 Å². The van der Waals surface area contributed by atoms with Gasteiger partial charge < -0.3 is 5.11 Å². The molecule has 1 N–H and O–H groups in total. The molecule has 3 nitrogen and oxygen atoms in total. The van der Waals surface area contributed by atoms with Crippen LogP contribution < -0.4 is 0 Å². The smallest absolute Gasteiger partial charge is 0.155 e. The van der Waals surface area contributed by atoms with Crippen LogP contribution in [0.3, 0.4) is 0 Å². The number of carbonyl (C=O) groups excluding carboxylic acids is 1. The first-order chi connectivity index (χ1) is 13.7. The van der Waals surface area contributed by atoms with Crippen molar-refractivity contribution < 1.29 is 30.0 Å². The number of aliphatic hydroxyl groups is 1. The SMILES string of the molecule is CC(=O)/C=C(/C)O.CCC(C)c1ccc2nc(-c3[c-]c(C)cc(C)c3)ccc2c1.[Ir]. The van der Waals surface area contributed by atoms with E-state index in [1.165, 1.54) is 36.4 Å². The van der Waals surface area contributed by atoms with Crippen LogP contribution >= 0.6 is 0 Å². The van der Waals surface area contributed by atoms with E-state index in [9.17, 15) is 4.79 Å². The Balaban J connectivity index is 0.000000489. The van der Waals surface area contributed by atoms with Gasteiger partial charge in [0.05, 0.1) is 11.3 Å². The standard InChI is InChI=1S/C21H22N.C5H8O2.Ir/c1-5-16(4)17-6-8-20-18(13-17)7-9-21(22-20)19-11-14(2)10-15(3)12-19;1-4(6)3-5(2)7;/h6-11,13,16H,5H2,1-4H3;3,6H,1-2H3;/q-1;;/b;4-3-;. The van der Waals surface area contributed by atoms with E-state index in [4.69, 9.17) is 10.1 Å². The molecular weight excluding hydrogens is 551 g/mol. The molecule has 1 aromatic heterocycles. The summed E-state index contributed by atoms with van der Waals surface area (Å²) >= 11 is 0. The first kappa shape index (κ1) is 25.7. The van der Waals surface area contributed by atoms with E-state index >= 15 is 0 Å². The predicted molar refractivity (Wildman–Crippen MR) is 121 cm³/mol. The average Bonchev–Trinajstić information content (AvgIpc) is 2.65. The molecule has 1 atom stereocenters. The van der Waals surface area contributed by atoms with Crippen molar-refractivity contribution in [2.24, 2.45) is 0 Å². The number of ketones is 1. The maximum atomic E-state index is 10.0. The van der Waals surface area contributed by atoms with E-state index in [1.54, 1.807) is 0 Å². The Hall–Kier alpha value is -2.29. The van der Waals surface area contributed by atoms with Crippen molar-refractivity contribution in [3.05, 3.63) is 77.1 Å². The number of rotatable bonds is 4. The second-order valence-corrected chi connectivity index (χ2v) is 7.61. The van der Waals surface area contributed by atoms with Gasteiger partial charge in [0.15, 0.2) is 5.78 Å². The summed E-state index contributed by atoms with van der Waals surface area (Å²) in [6.07, 6.45) is 2.33. The zero-order chi connectivity index (χ0) is 21.6. The van der Waals surface area contributed by atoms with Crippen LogP contribution in [0.15, 0.2) is 54.3 Å². The van der Waals surface area contributed by atoms with Gasteiger partial charge in [-0.3, -0.25) is 9.78 Å². The largest absolute Gasteiger partial charge is 0.512 e. The molecule has 0 spiro atoms. The van der Waals surface area contributed by atoms with Crippen LogP contribution in [0.1, 0.15) is 56.7 Å². The number of hydrogen-bond acceptors (Lipinski definition) is 3. The molecule has 0 saturated carbocycles. The molecule has 0 bridgehead atoms. The van der Waals surface area contributed by atoms with Crippen LogP contribution in [0.25, 0.3) is 22.2 Å². The Morgan fingerprint density at radius 1 is 1.13 bits per heavy atom. The third kappa shape index (κ3) is 7.51. The molecule has 4 heteroatoms. The fourth-order valence-electron chi connectivity index (χ4n) is 3.16. The number of aromatic nitrogens is 1. The summed E-state index contributed by atoms with van der Waals surface area (Å²) in [6, 6.07) is 18.6. The van der Waals surface area contributed by atoms with Crippen LogP contribution in [0, 0.1) is 19.9 Å². The first-order valence-corrected chi connectivity index (χ1v) is 9.99. The second-order valence-electron chi connectivity index (χ2n) is 7.61. The molecule has 1 unspecified atom stereocenters. The van der Waals surface area contributed by atoms with Crippen LogP contribution in [0.4, 0.5) is 0 Å². The normalized spacial score (nSPS) is 11.9. The minimum Gasteiger partial charge on any atom is -0.512 e. The van der Waals surface area contributed by atoms with Crippen LogP contribution in [-0.4, -0.2) is 15.9 Å².